The highest BCUT2D eigenvalue weighted by Gasteiger charge is 2.19. The SMILES string of the molecule is CS(=O)(=O)Nc1c(F)cc(S(=O)(=O)Cl)cc1F. The summed E-state index contributed by atoms with van der Waals surface area (Å²) < 4.78 is 71.4. The second-order valence-corrected chi connectivity index (χ2v) is 7.39. The van der Waals surface area contributed by atoms with Crippen molar-refractivity contribution >= 4 is 35.4 Å². The molecule has 0 aliphatic heterocycles. The molecular weight excluding hydrogens is 300 g/mol. The molecular formula is C7H6ClF2NO4S2. The average molecular weight is 306 g/mol. The summed E-state index contributed by atoms with van der Waals surface area (Å²) in [7, 11) is -3.29. The molecule has 0 fully saturated rings. The molecule has 0 aliphatic rings. The average Bonchev–Trinajstić information content (AvgIpc) is 2.07. The Labute approximate surface area is 101 Å². The molecule has 0 atom stereocenters. The summed E-state index contributed by atoms with van der Waals surface area (Å²) in [6.45, 7) is 0. The van der Waals surface area contributed by atoms with Gasteiger partial charge in [0.05, 0.1) is 11.2 Å². The summed E-state index contributed by atoms with van der Waals surface area (Å²) in [5.74, 6) is -2.76. The van der Waals surface area contributed by atoms with E-state index < -0.39 is 41.3 Å². The van der Waals surface area contributed by atoms with Crippen LogP contribution in [0.25, 0.3) is 0 Å². The molecule has 0 bridgehead atoms. The van der Waals surface area contributed by atoms with E-state index in [0.717, 1.165) is 0 Å². The van der Waals surface area contributed by atoms with Crippen molar-refractivity contribution in [3.8, 4) is 0 Å². The van der Waals surface area contributed by atoms with Crippen molar-refractivity contribution in [3.63, 3.8) is 0 Å². The van der Waals surface area contributed by atoms with Gasteiger partial charge in [-0.15, -0.1) is 0 Å². The Kier molecular flexibility index (Phi) is 3.65. The van der Waals surface area contributed by atoms with E-state index in [9.17, 15) is 25.6 Å². The zero-order valence-electron chi connectivity index (χ0n) is 8.24. The lowest BCUT2D eigenvalue weighted by Gasteiger charge is -2.07. The van der Waals surface area contributed by atoms with E-state index in [4.69, 9.17) is 10.7 Å². The lowest BCUT2D eigenvalue weighted by Crippen LogP contribution is -2.13. The smallest absolute Gasteiger partial charge is 0.261 e. The van der Waals surface area contributed by atoms with E-state index in [2.05, 4.69) is 0 Å². The molecule has 0 heterocycles. The molecule has 0 aromatic heterocycles. The first-order chi connectivity index (χ1) is 7.50. The minimum atomic E-state index is -4.29. The van der Waals surface area contributed by atoms with Crippen LogP contribution < -0.4 is 4.72 Å². The van der Waals surface area contributed by atoms with E-state index >= 15 is 0 Å². The zero-order valence-corrected chi connectivity index (χ0v) is 10.6. The van der Waals surface area contributed by atoms with Crippen LogP contribution in [-0.4, -0.2) is 23.1 Å². The van der Waals surface area contributed by atoms with Crippen LogP contribution in [0.3, 0.4) is 0 Å². The monoisotopic (exact) mass is 305 g/mol. The normalized spacial score (nSPS) is 12.5. The van der Waals surface area contributed by atoms with Crippen molar-refractivity contribution in [3.05, 3.63) is 23.8 Å². The van der Waals surface area contributed by atoms with Gasteiger partial charge in [-0.2, -0.15) is 0 Å². The summed E-state index contributed by atoms with van der Waals surface area (Å²) in [5, 5.41) is 0. The molecule has 1 N–H and O–H groups in total. The summed E-state index contributed by atoms with van der Waals surface area (Å²) in [6, 6.07) is 0.831. The minimum Gasteiger partial charge on any atom is -0.278 e. The largest absolute Gasteiger partial charge is 0.278 e. The summed E-state index contributed by atoms with van der Waals surface area (Å²) in [5.41, 5.74) is -0.962. The van der Waals surface area contributed by atoms with Gasteiger partial charge in [0, 0.05) is 10.7 Å². The quantitative estimate of drug-likeness (QED) is 0.853. The molecule has 0 amide bonds. The number of halogens is 3. The topological polar surface area (TPSA) is 80.3 Å². The highest BCUT2D eigenvalue weighted by atomic mass is 35.7. The maximum Gasteiger partial charge on any atom is 0.261 e. The maximum atomic E-state index is 13.3. The van der Waals surface area contributed by atoms with E-state index in [1.54, 1.807) is 4.72 Å². The number of sulfonamides is 1. The number of rotatable bonds is 3. The van der Waals surface area contributed by atoms with Gasteiger partial charge in [0.15, 0.2) is 11.6 Å². The fourth-order valence-corrected chi connectivity index (χ4v) is 2.30. The first-order valence-electron chi connectivity index (χ1n) is 3.92. The summed E-state index contributed by atoms with van der Waals surface area (Å²) in [6.07, 6.45) is 0.693. The Morgan fingerprint density at radius 3 is 1.82 bits per heavy atom. The molecule has 1 rings (SSSR count). The third kappa shape index (κ3) is 3.79. The fourth-order valence-electron chi connectivity index (χ4n) is 0.974. The van der Waals surface area contributed by atoms with E-state index in [1.165, 1.54) is 0 Å². The van der Waals surface area contributed by atoms with Gasteiger partial charge in [-0.1, -0.05) is 0 Å². The lowest BCUT2D eigenvalue weighted by atomic mass is 10.3. The molecule has 10 heteroatoms. The first-order valence-corrected chi connectivity index (χ1v) is 8.12. The van der Waals surface area contributed by atoms with Crippen LogP contribution in [0.1, 0.15) is 0 Å². The Bertz CT molecular complexity index is 633. The van der Waals surface area contributed by atoms with Crippen molar-refractivity contribution in [1.82, 2.24) is 0 Å². The highest BCUT2D eigenvalue weighted by molar-refractivity contribution is 8.13. The highest BCUT2D eigenvalue weighted by Crippen LogP contribution is 2.25. The molecule has 0 radical (unpaired) electrons. The van der Waals surface area contributed by atoms with Crippen molar-refractivity contribution in [2.75, 3.05) is 11.0 Å². The van der Waals surface area contributed by atoms with Crippen LogP contribution in [0.4, 0.5) is 14.5 Å². The van der Waals surface area contributed by atoms with Gasteiger partial charge in [0.2, 0.25) is 10.0 Å². The number of hydrogen-bond acceptors (Lipinski definition) is 4. The van der Waals surface area contributed by atoms with E-state index in [-0.39, 0.29) is 0 Å². The van der Waals surface area contributed by atoms with Crippen LogP contribution in [0, 0.1) is 11.6 Å². The Hall–Kier alpha value is -0.930. The fraction of sp³-hybridized carbons (Fsp3) is 0.143. The second-order valence-electron chi connectivity index (χ2n) is 3.07. The van der Waals surface area contributed by atoms with Gasteiger partial charge < -0.3 is 0 Å². The lowest BCUT2D eigenvalue weighted by molar-refractivity contribution is 0.574. The molecule has 0 spiro atoms. The van der Waals surface area contributed by atoms with Crippen molar-refractivity contribution < 1.29 is 25.6 Å². The van der Waals surface area contributed by atoms with Gasteiger partial charge in [-0.3, -0.25) is 4.72 Å². The van der Waals surface area contributed by atoms with Crippen molar-refractivity contribution in [2.45, 2.75) is 4.90 Å². The molecule has 0 saturated heterocycles. The maximum absolute atomic E-state index is 13.3. The second kappa shape index (κ2) is 4.39. The molecule has 1 aromatic carbocycles. The van der Waals surface area contributed by atoms with Crippen LogP contribution >= 0.6 is 10.7 Å². The number of benzene rings is 1. The van der Waals surface area contributed by atoms with Gasteiger partial charge >= 0.3 is 0 Å². The van der Waals surface area contributed by atoms with Crippen molar-refractivity contribution in [1.29, 1.82) is 0 Å². The zero-order chi connectivity index (χ0) is 13.4. The third-order valence-corrected chi connectivity index (χ3v) is 3.49. The summed E-state index contributed by atoms with van der Waals surface area (Å²) >= 11 is 0. The standard InChI is InChI=1S/C7H6ClF2NO4S2/c1-16(12,13)11-7-5(9)2-4(3-6(7)10)17(8,14)15/h2-3,11H,1H3. The predicted molar refractivity (Wildman–Crippen MR) is 57.9 cm³/mol. The van der Waals surface area contributed by atoms with Gasteiger partial charge in [-0.25, -0.2) is 25.6 Å². The van der Waals surface area contributed by atoms with Crippen LogP contribution in [0.15, 0.2) is 17.0 Å². The van der Waals surface area contributed by atoms with Gasteiger partial charge in [-0.05, 0) is 12.1 Å². The van der Waals surface area contributed by atoms with E-state index in [0.29, 0.717) is 18.4 Å². The Morgan fingerprint density at radius 2 is 1.53 bits per heavy atom. The Morgan fingerprint density at radius 1 is 1.12 bits per heavy atom. The van der Waals surface area contributed by atoms with Gasteiger partial charge in [0.1, 0.15) is 5.69 Å². The molecule has 96 valence electrons. The number of hydrogen-bond donors (Lipinski definition) is 1. The molecule has 0 saturated carbocycles. The molecule has 1 aromatic rings. The summed E-state index contributed by atoms with van der Waals surface area (Å²) in [4.78, 5) is -0.798. The molecule has 17 heavy (non-hydrogen) atoms. The first kappa shape index (κ1) is 14.1. The van der Waals surface area contributed by atoms with Crippen LogP contribution in [0.5, 0.6) is 0 Å². The van der Waals surface area contributed by atoms with Crippen LogP contribution in [0.2, 0.25) is 0 Å². The van der Waals surface area contributed by atoms with Crippen LogP contribution in [-0.2, 0) is 19.1 Å². The van der Waals surface area contributed by atoms with Crippen molar-refractivity contribution in [2.24, 2.45) is 0 Å². The molecule has 0 unspecified atom stereocenters. The molecule has 0 aliphatic carbocycles. The van der Waals surface area contributed by atoms with Gasteiger partial charge in [0.25, 0.3) is 9.05 Å². The van der Waals surface area contributed by atoms with E-state index in [1.807, 2.05) is 0 Å². The number of nitrogens with one attached hydrogen (secondary N) is 1. The molecule has 5 nitrogen and oxygen atoms in total. The Balaban J connectivity index is 3.40. The minimum absolute atomic E-state index is 0.416. The third-order valence-electron chi connectivity index (χ3n) is 1.58. The predicted octanol–water partition coefficient (Wildman–Crippen LogP) is 1.26. The number of anilines is 1.